The van der Waals surface area contributed by atoms with Crippen molar-refractivity contribution in [3.63, 3.8) is 0 Å². The Morgan fingerprint density at radius 3 is 2.38 bits per heavy atom. The van der Waals surface area contributed by atoms with E-state index in [0.29, 0.717) is 6.61 Å². The number of unbranched alkanes of at least 4 members (excludes halogenated alkanes) is 2. The normalized spacial score (nSPS) is 12.2. The number of carboxylic acid groups (broad SMARTS) is 1. The Balaban J connectivity index is 3.87. The number of amides is 1. The average molecular weight is 231 g/mol. The molecule has 2 N–H and O–H groups in total. The molecule has 0 aromatic rings. The van der Waals surface area contributed by atoms with Gasteiger partial charge in [0, 0.05) is 0 Å². The third-order valence-corrected chi connectivity index (χ3v) is 2.19. The van der Waals surface area contributed by atoms with E-state index in [4.69, 9.17) is 9.84 Å². The predicted octanol–water partition coefficient (Wildman–Crippen LogP) is 2.01. The molecule has 0 spiro atoms. The zero-order valence-electron chi connectivity index (χ0n) is 10.2. The molecule has 5 heteroatoms. The Hall–Kier alpha value is -1.26. The van der Waals surface area contributed by atoms with Gasteiger partial charge in [-0.25, -0.2) is 9.59 Å². The van der Waals surface area contributed by atoms with E-state index in [0.717, 1.165) is 19.3 Å². The summed E-state index contributed by atoms with van der Waals surface area (Å²) in [6.07, 6.45) is 2.20. The summed E-state index contributed by atoms with van der Waals surface area (Å²) in [6, 6.07) is -0.890. The van der Waals surface area contributed by atoms with Gasteiger partial charge in [0.25, 0.3) is 0 Å². The molecule has 0 fully saturated rings. The SMILES string of the molecule is CCCCCOC(=O)N[C@H](C(=O)O)C(C)C. The van der Waals surface area contributed by atoms with Crippen LogP contribution in [0.5, 0.6) is 0 Å². The number of aliphatic carboxylic acids is 1. The highest BCUT2D eigenvalue weighted by Crippen LogP contribution is 2.02. The Morgan fingerprint density at radius 1 is 1.31 bits per heavy atom. The fraction of sp³-hybridized carbons (Fsp3) is 0.818. The maximum absolute atomic E-state index is 11.2. The van der Waals surface area contributed by atoms with Crippen LogP contribution in [0.25, 0.3) is 0 Å². The molecule has 0 aromatic carbocycles. The van der Waals surface area contributed by atoms with E-state index < -0.39 is 18.1 Å². The maximum atomic E-state index is 11.2. The number of hydrogen-bond acceptors (Lipinski definition) is 3. The molecule has 1 amide bonds. The van der Waals surface area contributed by atoms with E-state index in [1.807, 2.05) is 0 Å². The average Bonchev–Trinajstić information content (AvgIpc) is 2.20. The summed E-state index contributed by atoms with van der Waals surface area (Å²) < 4.78 is 4.86. The number of carboxylic acids is 1. The number of ether oxygens (including phenoxy) is 1. The number of rotatable bonds is 7. The van der Waals surface area contributed by atoms with Crippen molar-refractivity contribution in [1.82, 2.24) is 5.32 Å². The molecule has 5 nitrogen and oxygen atoms in total. The maximum Gasteiger partial charge on any atom is 0.407 e. The van der Waals surface area contributed by atoms with E-state index in [9.17, 15) is 9.59 Å². The lowest BCUT2D eigenvalue weighted by atomic mass is 10.1. The molecule has 0 rings (SSSR count). The third kappa shape index (κ3) is 6.27. The quantitative estimate of drug-likeness (QED) is 0.657. The monoisotopic (exact) mass is 231 g/mol. The van der Waals surface area contributed by atoms with Gasteiger partial charge in [0.05, 0.1) is 6.61 Å². The first-order valence-electron chi connectivity index (χ1n) is 5.65. The first-order valence-corrected chi connectivity index (χ1v) is 5.65. The molecule has 1 atom stereocenters. The minimum atomic E-state index is -1.04. The first-order chi connectivity index (χ1) is 7.49. The van der Waals surface area contributed by atoms with Crippen molar-refractivity contribution in [3.05, 3.63) is 0 Å². The molecule has 0 aliphatic rings. The van der Waals surface area contributed by atoms with Crippen LogP contribution in [-0.2, 0) is 9.53 Å². The summed E-state index contributed by atoms with van der Waals surface area (Å²) in [5.74, 6) is -1.21. The lowest BCUT2D eigenvalue weighted by Gasteiger charge is -2.17. The molecule has 0 unspecified atom stereocenters. The first kappa shape index (κ1) is 14.7. The lowest BCUT2D eigenvalue weighted by molar-refractivity contribution is -0.140. The number of hydrogen-bond donors (Lipinski definition) is 2. The van der Waals surface area contributed by atoms with Gasteiger partial charge in [0.1, 0.15) is 6.04 Å². The molecule has 16 heavy (non-hydrogen) atoms. The number of carbonyl (C=O) groups excluding carboxylic acids is 1. The standard InChI is InChI=1S/C11H21NO4/c1-4-5-6-7-16-11(15)12-9(8(2)3)10(13)14/h8-9H,4-7H2,1-3H3,(H,12,15)(H,13,14)/t9-/m0/s1. The number of alkyl carbamates (subject to hydrolysis) is 1. The lowest BCUT2D eigenvalue weighted by Crippen LogP contribution is -2.44. The number of nitrogens with one attached hydrogen (secondary N) is 1. The van der Waals surface area contributed by atoms with E-state index in [-0.39, 0.29) is 5.92 Å². The smallest absolute Gasteiger partial charge is 0.407 e. The van der Waals surface area contributed by atoms with Crippen LogP contribution in [0.15, 0.2) is 0 Å². The highest BCUT2D eigenvalue weighted by atomic mass is 16.5. The fourth-order valence-corrected chi connectivity index (χ4v) is 1.20. The minimum Gasteiger partial charge on any atom is -0.480 e. The van der Waals surface area contributed by atoms with Crippen molar-refractivity contribution in [2.75, 3.05) is 6.61 Å². The van der Waals surface area contributed by atoms with Gasteiger partial charge in [-0.3, -0.25) is 0 Å². The largest absolute Gasteiger partial charge is 0.480 e. The van der Waals surface area contributed by atoms with Crippen LogP contribution >= 0.6 is 0 Å². The van der Waals surface area contributed by atoms with Crippen LogP contribution in [0.3, 0.4) is 0 Å². The van der Waals surface area contributed by atoms with Gasteiger partial charge >= 0.3 is 12.1 Å². The van der Waals surface area contributed by atoms with Crippen molar-refractivity contribution in [2.24, 2.45) is 5.92 Å². The highest BCUT2D eigenvalue weighted by molar-refractivity contribution is 5.80. The van der Waals surface area contributed by atoms with Crippen LogP contribution in [0.2, 0.25) is 0 Å². The summed E-state index contributed by atoms with van der Waals surface area (Å²) in [5.41, 5.74) is 0. The van der Waals surface area contributed by atoms with Gasteiger partial charge in [-0.2, -0.15) is 0 Å². The molecule has 0 radical (unpaired) electrons. The van der Waals surface area contributed by atoms with Crippen molar-refractivity contribution in [1.29, 1.82) is 0 Å². The highest BCUT2D eigenvalue weighted by Gasteiger charge is 2.23. The second-order valence-corrected chi connectivity index (χ2v) is 4.05. The molecular weight excluding hydrogens is 210 g/mol. The Bertz CT molecular complexity index is 228. The van der Waals surface area contributed by atoms with Gasteiger partial charge in [-0.15, -0.1) is 0 Å². The molecule has 0 saturated carbocycles. The summed E-state index contributed by atoms with van der Waals surface area (Å²) >= 11 is 0. The van der Waals surface area contributed by atoms with Crippen LogP contribution in [0.1, 0.15) is 40.0 Å². The van der Waals surface area contributed by atoms with Crippen molar-refractivity contribution in [2.45, 2.75) is 46.1 Å². The zero-order valence-corrected chi connectivity index (χ0v) is 10.2. The van der Waals surface area contributed by atoms with E-state index >= 15 is 0 Å². The van der Waals surface area contributed by atoms with Crippen LogP contribution in [0, 0.1) is 5.92 Å². The van der Waals surface area contributed by atoms with Crippen molar-refractivity contribution in [3.8, 4) is 0 Å². The number of carbonyl (C=O) groups is 2. The molecular formula is C11H21NO4. The summed E-state index contributed by atoms with van der Waals surface area (Å²) in [5, 5.41) is 11.2. The molecule has 0 saturated heterocycles. The summed E-state index contributed by atoms with van der Waals surface area (Å²) in [7, 11) is 0. The topological polar surface area (TPSA) is 75.6 Å². The van der Waals surface area contributed by atoms with E-state index in [2.05, 4.69) is 12.2 Å². The van der Waals surface area contributed by atoms with Gasteiger partial charge in [0.15, 0.2) is 0 Å². The summed E-state index contributed by atoms with van der Waals surface area (Å²) in [4.78, 5) is 22.0. The Kier molecular flexibility index (Phi) is 7.33. The van der Waals surface area contributed by atoms with Gasteiger partial charge in [-0.05, 0) is 12.3 Å². The van der Waals surface area contributed by atoms with Crippen LogP contribution in [0.4, 0.5) is 4.79 Å². The van der Waals surface area contributed by atoms with Gasteiger partial charge in [-0.1, -0.05) is 33.6 Å². The van der Waals surface area contributed by atoms with Gasteiger partial charge in [0.2, 0.25) is 0 Å². The van der Waals surface area contributed by atoms with Gasteiger partial charge < -0.3 is 15.2 Å². The third-order valence-electron chi connectivity index (χ3n) is 2.19. The van der Waals surface area contributed by atoms with Crippen molar-refractivity contribution >= 4 is 12.1 Å². The van der Waals surface area contributed by atoms with E-state index in [1.165, 1.54) is 0 Å². The molecule has 0 aliphatic carbocycles. The molecule has 0 aromatic heterocycles. The van der Waals surface area contributed by atoms with Crippen LogP contribution in [-0.4, -0.2) is 29.8 Å². The Labute approximate surface area is 96.2 Å². The molecule has 0 heterocycles. The minimum absolute atomic E-state index is 0.166. The predicted molar refractivity (Wildman–Crippen MR) is 60.3 cm³/mol. The molecule has 94 valence electrons. The second kappa shape index (κ2) is 7.96. The van der Waals surface area contributed by atoms with Crippen LogP contribution < -0.4 is 5.32 Å². The molecule has 0 aliphatic heterocycles. The second-order valence-electron chi connectivity index (χ2n) is 4.05. The molecule has 0 bridgehead atoms. The summed E-state index contributed by atoms with van der Waals surface area (Å²) in [6.45, 7) is 5.86. The van der Waals surface area contributed by atoms with Crippen molar-refractivity contribution < 1.29 is 19.4 Å². The fourth-order valence-electron chi connectivity index (χ4n) is 1.20. The van der Waals surface area contributed by atoms with E-state index in [1.54, 1.807) is 13.8 Å². The zero-order chi connectivity index (χ0) is 12.6. The Morgan fingerprint density at radius 2 is 1.94 bits per heavy atom.